The first-order valence-corrected chi connectivity index (χ1v) is 5.75. The maximum atomic E-state index is 3.56. The van der Waals surface area contributed by atoms with Gasteiger partial charge in [0.15, 0.2) is 0 Å². The molecule has 1 fully saturated rings. The number of hydrogen-bond donors (Lipinski definition) is 1. The Balaban J connectivity index is 1.79. The topological polar surface area (TPSA) is 12.0 Å². The van der Waals surface area contributed by atoms with Crippen molar-refractivity contribution in [3.05, 3.63) is 29.8 Å². The van der Waals surface area contributed by atoms with Gasteiger partial charge >= 0.3 is 0 Å². The molecule has 1 N–H and O–H groups in total. The van der Waals surface area contributed by atoms with Crippen molar-refractivity contribution in [3.8, 4) is 0 Å². The summed E-state index contributed by atoms with van der Waals surface area (Å²) in [6.45, 7) is 1.20. The first-order chi connectivity index (χ1) is 6.93. The van der Waals surface area contributed by atoms with E-state index in [-0.39, 0.29) is 0 Å². The summed E-state index contributed by atoms with van der Waals surface area (Å²) in [5.41, 5.74) is 2.89. The first-order valence-electron chi connectivity index (χ1n) is 5.75. The van der Waals surface area contributed by atoms with Crippen LogP contribution in [0.1, 0.15) is 24.8 Å². The Morgan fingerprint density at radius 2 is 1.93 bits per heavy atom. The van der Waals surface area contributed by atoms with Gasteiger partial charge in [0, 0.05) is 12.2 Å². The average Bonchev–Trinajstić information content (AvgIpc) is 2.15. The average molecular weight is 187 g/mol. The normalized spacial score (nSPS) is 26.1. The molecule has 0 radical (unpaired) electrons. The molecule has 1 aromatic carbocycles. The number of hydrogen-bond acceptors (Lipinski definition) is 1. The molecule has 1 aliphatic heterocycles. The Bertz CT molecular complexity index is 328. The van der Waals surface area contributed by atoms with Gasteiger partial charge in [0.1, 0.15) is 0 Å². The van der Waals surface area contributed by atoms with E-state index in [9.17, 15) is 0 Å². The summed E-state index contributed by atoms with van der Waals surface area (Å²) >= 11 is 0. The number of benzene rings is 1. The Labute approximate surface area is 85.5 Å². The molecule has 0 amide bonds. The van der Waals surface area contributed by atoms with Gasteiger partial charge in [-0.05, 0) is 29.9 Å². The number of para-hydroxylation sites is 1. The van der Waals surface area contributed by atoms with Gasteiger partial charge < -0.3 is 5.32 Å². The minimum absolute atomic E-state index is 0.902. The summed E-state index contributed by atoms with van der Waals surface area (Å²) in [5.74, 6) is 1.91. The molecule has 1 heterocycles. The van der Waals surface area contributed by atoms with Gasteiger partial charge in [-0.3, -0.25) is 0 Å². The van der Waals surface area contributed by atoms with E-state index in [1.807, 2.05) is 0 Å². The van der Waals surface area contributed by atoms with E-state index in [1.54, 1.807) is 0 Å². The lowest BCUT2D eigenvalue weighted by Crippen LogP contribution is -2.32. The van der Waals surface area contributed by atoms with E-state index in [1.165, 1.54) is 43.5 Å². The third-order valence-corrected chi connectivity index (χ3v) is 3.87. The molecule has 1 aromatic rings. The van der Waals surface area contributed by atoms with Crippen molar-refractivity contribution >= 4 is 5.69 Å². The Hall–Kier alpha value is -0.980. The van der Waals surface area contributed by atoms with E-state index in [0.717, 1.165) is 11.8 Å². The van der Waals surface area contributed by atoms with E-state index < -0.39 is 0 Å². The zero-order valence-corrected chi connectivity index (χ0v) is 8.50. The molecule has 1 heteroatoms. The molecule has 0 saturated heterocycles. The molecule has 1 saturated carbocycles. The lowest BCUT2D eigenvalue weighted by molar-refractivity contribution is 0.210. The van der Waals surface area contributed by atoms with Crippen LogP contribution in [0.3, 0.4) is 0 Å². The van der Waals surface area contributed by atoms with Crippen molar-refractivity contribution in [2.75, 3.05) is 11.9 Å². The highest BCUT2D eigenvalue weighted by molar-refractivity contribution is 5.53. The molecule has 1 nitrogen and oxygen atoms in total. The number of nitrogens with one attached hydrogen (secondary N) is 1. The molecule has 1 atom stereocenters. The van der Waals surface area contributed by atoms with Crippen LogP contribution in [0.2, 0.25) is 0 Å². The second kappa shape index (κ2) is 3.30. The summed E-state index contributed by atoms with van der Waals surface area (Å²) < 4.78 is 0. The van der Waals surface area contributed by atoms with Crippen LogP contribution < -0.4 is 5.32 Å². The van der Waals surface area contributed by atoms with Crippen LogP contribution in [0.5, 0.6) is 0 Å². The van der Waals surface area contributed by atoms with E-state index >= 15 is 0 Å². The van der Waals surface area contributed by atoms with Crippen molar-refractivity contribution in [2.24, 2.45) is 11.8 Å². The van der Waals surface area contributed by atoms with Crippen molar-refractivity contribution in [2.45, 2.75) is 25.7 Å². The van der Waals surface area contributed by atoms with E-state index in [0.29, 0.717) is 0 Å². The summed E-state index contributed by atoms with van der Waals surface area (Å²) in [5, 5.41) is 3.56. The van der Waals surface area contributed by atoms with Crippen LogP contribution >= 0.6 is 0 Å². The highest BCUT2D eigenvalue weighted by Crippen LogP contribution is 2.38. The van der Waals surface area contributed by atoms with Crippen LogP contribution in [0, 0.1) is 11.8 Å². The maximum Gasteiger partial charge on any atom is 0.0372 e. The quantitative estimate of drug-likeness (QED) is 0.712. The second-order valence-electron chi connectivity index (χ2n) is 4.69. The summed E-state index contributed by atoms with van der Waals surface area (Å²) in [6, 6.07) is 8.75. The highest BCUT2D eigenvalue weighted by Gasteiger charge is 2.29. The molecular formula is C13H17N. The minimum Gasteiger partial charge on any atom is -0.385 e. The fraction of sp³-hybridized carbons (Fsp3) is 0.538. The monoisotopic (exact) mass is 187 g/mol. The van der Waals surface area contributed by atoms with Crippen molar-refractivity contribution in [1.29, 1.82) is 0 Å². The van der Waals surface area contributed by atoms with Gasteiger partial charge in [0.05, 0.1) is 0 Å². The minimum atomic E-state index is 0.902. The van der Waals surface area contributed by atoms with Crippen LogP contribution in [0.4, 0.5) is 5.69 Å². The number of anilines is 1. The lowest BCUT2D eigenvalue weighted by Gasteiger charge is -2.37. The zero-order valence-electron chi connectivity index (χ0n) is 8.50. The molecule has 0 spiro atoms. The zero-order chi connectivity index (χ0) is 9.38. The molecule has 14 heavy (non-hydrogen) atoms. The standard InChI is InChI=1S/C13H17N/c1-2-7-13-11(4-1)8-12(9-14-13)10-5-3-6-10/h1-2,4,7,10,12,14H,3,5-6,8-9H2. The molecule has 3 rings (SSSR count). The molecule has 2 aliphatic rings. The van der Waals surface area contributed by atoms with Gasteiger partial charge in [-0.1, -0.05) is 37.5 Å². The SMILES string of the molecule is c1ccc2c(c1)CC(C1CCC1)CN2. The van der Waals surface area contributed by atoms with E-state index in [2.05, 4.69) is 29.6 Å². The lowest BCUT2D eigenvalue weighted by atomic mass is 9.72. The fourth-order valence-electron chi connectivity index (χ4n) is 2.71. The molecule has 1 unspecified atom stereocenters. The molecule has 1 aliphatic carbocycles. The largest absolute Gasteiger partial charge is 0.385 e. The molecule has 0 aromatic heterocycles. The highest BCUT2D eigenvalue weighted by atomic mass is 14.9. The van der Waals surface area contributed by atoms with Gasteiger partial charge in [-0.2, -0.15) is 0 Å². The van der Waals surface area contributed by atoms with Crippen molar-refractivity contribution < 1.29 is 0 Å². The summed E-state index contributed by atoms with van der Waals surface area (Å²) in [6.07, 6.45) is 5.69. The first kappa shape index (κ1) is 8.34. The second-order valence-corrected chi connectivity index (χ2v) is 4.69. The van der Waals surface area contributed by atoms with E-state index in [4.69, 9.17) is 0 Å². The smallest absolute Gasteiger partial charge is 0.0372 e. The fourth-order valence-corrected chi connectivity index (χ4v) is 2.71. The maximum absolute atomic E-state index is 3.56. The van der Waals surface area contributed by atoms with Gasteiger partial charge in [-0.25, -0.2) is 0 Å². The van der Waals surface area contributed by atoms with Gasteiger partial charge in [-0.15, -0.1) is 0 Å². The Morgan fingerprint density at radius 3 is 2.71 bits per heavy atom. The Kier molecular flexibility index (Phi) is 1.97. The molecule has 0 bridgehead atoms. The van der Waals surface area contributed by atoms with Gasteiger partial charge in [0.25, 0.3) is 0 Å². The third kappa shape index (κ3) is 1.31. The Morgan fingerprint density at radius 1 is 1.07 bits per heavy atom. The van der Waals surface area contributed by atoms with Crippen molar-refractivity contribution in [3.63, 3.8) is 0 Å². The van der Waals surface area contributed by atoms with Crippen LogP contribution in [0.25, 0.3) is 0 Å². The predicted octanol–water partition coefficient (Wildman–Crippen LogP) is 3.07. The van der Waals surface area contributed by atoms with Crippen LogP contribution in [0.15, 0.2) is 24.3 Å². The summed E-state index contributed by atoms with van der Waals surface area (Å²) in [4.78, 5) is 0. The number of rotatable bonds is 1. The van der Waals surface area contributed by atoms with Crippen LogP contribution in [-0.4, -0.2) is 6.54 Å². The summed E-state index contributed by atoms with van der Waals surface area (Å²) in [7, 11) is 0. The number of fused-ring (bicyclic) bond motifs is 1. The third-order valence-electron chi connectivity index (χ3n) is 3.87. The molecular weight excluding hydrogens is 170 g/mol. The van der Waals surface area contributed by atoms with Crippen LogP contribution in [-0.2, 0) is 6.42 Å². The van der Waals surface area contributed by atoms with Crippen molar-refractivity contribution in [1.82, 2.24) is 0 Å². The predicted molar refractivity (Wildman–Crippen MR) is 59.5 cm³/mol. The van der Waals surface area contributed by atoms with Gasteiger partial charge in [0.2, 0.25) is 0 Å². The molecule has 74 valence electrons.